The molecule has 0 fully saturated rings. The number of benzene rings is 2. The Balaban J connectivity index is 1.65. The molecule has 1 amide bonds. The normalized spacial score (nSPS) is 11.0. The van der Waals surface area contributed by atoms with Crippen molar-refractivity contribution in [1.82, 2.24) is 9.38 Å². The van der Waals surface area contributed by atoms with E-state index in [1.807, 2.05) is 29.7 Å². The average Bonchev–Trinajstić information content (AvgIpc) is 3.08. The fraction of sp³-hybridized carbons (Fsp3) is 0.160. The molecular formula is C25H22FN3O3. The second kappa shape index (κ2) is 8.63. The van der Waals surface area contributed by atoms with E-state index in [-0.39, 0.29) is 24.6 Å². The number of carbonyl (C=O) groups excluding carboxylic acids is 1. The maximum atomic E-state index is 13.8. The van der Waals surface area contributed by atoms with Crippen LogP contribution in [0.5, 0.6) is 0 Å². The number of amides is 1. The zero-order valence-electron chi connectivity index (χ0n) is 17.7. The highest BCUT2D eigenvalue weighted by molar-refractivity contribution is 5.93. The standard InChI is InChI=1S/C25H22FN3O3/c1-15-3-10-22-28-25(18-6-9-20(26)16(2)11-18)21(29(22)14-15)13-23(30)27-19-7-4-17(5-8-19)12-24(31)32/h3-11,14H,12-13H2,1-2H3,(H,27,30)(H,31,32). The highest BCUT2D eigenvalue weighted by Crippen LogP contribution is 2.27. The summed E-state index contributed by atoms with van der Waals surface area (Å²) >= 11 is 0. The molecule has 32 heavy (non-hydrogen) atoms. The van der Waals surface area contributed by atoms with Crippen molar-refractivity contribution in [2.45, 2.75) is 26.7 Å². The van der Waals surface area contributed by atoms with Gasteiger partial charge in [-0.2, -0.15) is 0 Å². The van der Waals surface area contributed by atoms with Gasteiger partial charge >= 0.3 is 5.97 Å². The molecule has 2 heterocycles. The molecule has 0 aliphatic rings. The topological polar surface area (TPSA) is 83.7 Å². The number of aryl methyl sites for hydroxylation is 2. The number of nitrogens with one attached hydrogen (secondary N) is 1. The monoisotopic (exact) mass is 431 g/mol. The first-order chi connectivity index (χ1) is 15.3. The molecule has 0 bridgehead atoms. The number of imidazole rings is 1. The zero-order valence-corrected chi connectivity index (χ0v) is 17.7. The first kappa shape index (κ1) is 21.2. The van der Waals surface area contributed by atoms with Gasteiger partial charge in [0.1, 0.15) is 11.5 Å². The van der Waals surface area contributed by atoms with Crippen LogP contribution in [0.4, 0.5) is 10.1 Å². The Morgan fingerprint density at radius 1 is 1.03 bits per heavy atom. The number of aromatic nitrogens is 2. The average molecular weight is 431 g/mol. The fourth-order valence-electron chi connectivity index (χ4n) is 3.63. The van der Waals surface area contributed by atoms with Crippen molar-refractivity contribution in [1.29, 1.82) is 0 Å². The van der Waals surface area contributed by atoms with Crippen molar-refractivity contribution >= 4 is 23.2 Å². The summed E-state index contributed by atoms with van der Waals surface area (Å²) in [6.45, 7) is 3.66. The summed E-state index contributed by atoms with van der Waals surface area (Å²) < 4.78 is 15.7. The fourth-order valence-corrected chi connectivity index (χ4v) is 3.63. The van der Waals surface area contributed by atoms with E-state index in [4.69, 9.17) is 10.1 Å². The van der Waals surface area contributed by atoms with Gasteiger partial charge in [-0.05, 0) is 66.9 Å². The molecule has 0 atom stereocenters. The van der Waals surface area contributed by atoms with Gasteiger partial charge in [-0.15, -0.1) is 0 Å². The molecule has 2 aromatic carbocycles. The van der Waals surface area contributed by atoms with Gasteiger partial charge in [0.2, 0.25) is 5.91 Å². The molecule has 0 saturated carbocycles. The van der Waals surface area contributed by atoms with E-state index in [0.29, 0.717) is 33.8 Å². The van der Waals surface area contributed by atoms with Gasteiger partial charge in [0.15, 0.2) is 0 Å². The van der Waals surface area contributed by atoms with Crippen LogP contribution in [0.3, 0.4) is 0 Å². The number of hydrogen-bond donors (Lipinski definition) is 2. The Morgan fingerprint density at radius 3 is 2.47 bits per heavy atom. The lowest BCUT2D eigenvalue weighted by Crippen LogP contribution is -2.16. The number of rotatable bonds is 6. The second-order valence-corrected chi connectivity index (χ2v) is 7.80. The summed E-state index contributed by atoms with van der Waals surface area (Å²) in [6.07, 6.45) is 1.91. The molecule has 4 aromatic rings. The predicted octanol–water partition coefficient (Wildman–Crippen LogP) is 4.57. The van der Waals surface area contributed by atoms with Crippen LogP contribution in [0.15, 0.2) is 60.8 Å². The van der Waals surface area contributed by atoms with E-state index >= 15 is 0 Å². The van der Waals surface area contributed by atoms with Crippen molar-refractivity contribution in [3.8, 4) is 11.3 Å². The molecule has 0 aliphatic heterocycles. The summed E-state index contributed by atoms with van der Waals surface area (Å²) in [5.41, 5.74) is 5.54. The maximum Gasteiger partial charge on any atom is 0.307 e. The minimum atomic E-state index is -0.909. The van der Waals surface area contributed by atoms with Gasteiger partial charge in [-0.3, -0.25) is 9.59 Å². The van der Waals surface area contributed by atoms with Crippen molar-refractivity contribution in [2.75, 3.05) is 5.32 Å². The third-order valence-electron chi connectivity index (χ3n) is 5.22. The van der Waals surface area contributed by atoms with Gasteiger partial charge in [0, 0.05) is 17.4 Å². The number of carbonyl (C=O) groups is 2. The van der Waals surface area contributed by atoms with Crippen LogP contribution in [0.1, 0.15) is 22.4 Å². The first-order valence-corrected chi connectivity index (χ1v) is 10.1. The third-order valence-corrected chi connectivity index (χ3v) is 5.22. The molecule has 0 saturated heterocycles. The van der Waals surface area contributed by atoms with Gasteiger partial charge in [-0.25, -0.2) is 9.37 Å². The summed E-state index contributed by atoms with van der Waals surface area (Å²) in [7, 11) is 0. The lowest BCUT2D eigenvalue weighted by atomic mass is 10.1. The van der Waals surface area contributed by atoms with Gasteiger partial charge in [-0.1, -0.05) is 18.2 Å². The number of carboxylic acid groups (broad SMARTS) is 1. The summed E-state index contributed by atoms with van der Waals surface area (Å²) in [5, 5.41) is 11.7. The van der Waals surface area contributed by atoms with Crippen LogP contribution >= 0.6 is 0 Å². The number of pyridine rings is 1. The molecule has 0 aliphatic carbocycles. The largest absolute Gasteiger partial charge is 0.481 e. The first-order valence-electron chi connectivity index (χ1n) is 10.1. The van der Waals surface area contributed by atoms with Crippen molar-refractivity contribution in [3.63, 3.8) is 0 Å². The molecule has 0 radical (unpaired) electrons. The van der Waals surface area contributed by atoms with Gasteiger partial charge in [0.25, 0.3) is 0 Å². The lowest BCUT2D eigenvalue weighted by molar-refractivity contribution is -0.136. The van der Waals surface area contributed by atoms with E-state index in [1.165, 1.54) is 6.07 Å². The molecule has 162 valence electrons. The van der Waals surface area contributed by atoms with E-state index in [2.05, 4.69) is 5.32 Å². The third kappa shape index (κ3) is 4.51. The number of halogens is 1. The molecule has 2 N–H and O–H groups in total. The Hall–Kier alpha value is -4.00. The maximum absolute atomic E-state index is 13.8. The summed E-state index contributed by atoms with van der Waals surface area (Å²) in [5.74, 6) is -1.44. The Morgan fingerprint density at radius 2 is 1.78 bits per heavy atom. The highest BCUT2D eigenvalue weighted by atomic mass is 19.1. The van der Waals surface area contributed by atoms with E-state index in [1.54, 1.807) is 43.3 Å². The predicted molar refractivity (Wildman–Crippen MR) is 120 cm³/mol. The minimum Gasteiger partial charge on any atom is -0.481 e. The smallest absolute Gasteiger partial charge is 0.307 e. The number of hydrogen-bond acceptors (Lipinski definition) is 3. The van der Waals surface area contributed by atoms with E-state index < -0.39 is 5.97 Å². The molecule has 7 heteroatoms. The minimum absolute atomic E-state index is 0.0628. The van der Waals surface area contributed by atoms with Crippen LogP contribution in [-0.2, 0) is 22.4 Å². The van der Waals surface area contributed by atoms with E-state index in [0.717, 1.165) is 11.1 Å². The molecular weight excluding hydrogens is 409 g/mol. The van der Waals surface area contributed by atoms with Crippen molar-refractivity contribution < 1.29 is 19.1 Å². The molecule has 0 unspecified atom stereocenters. The van der Waals surface area contributed by atoms with Crippen LogP contribution in [0.25, 0.3) is 16.9 Å². The Labute approximate surface area is 184 Å². The van der Waals surface area contributed by atoms with Crippen LogP contribution < -0.4 is 5.32 Å². The summed E-state index contributed by atoms with van der Waals surface area (Å²) in [6, 6.07) is 15.3. The quantitative estimate of drug-likeness (QED) is 0.469. The Kier molecular flexibility index (Phi) is 5.73. The molecule has 2 aromatic heterocycles. The summed E-state index contributed by atoms with van der Waals surface area (Å²) in [4.78, 5) is 28.4. The number of anilines is 1. The van der Waals surface area contributed by atoms with E-state index in [9.17, 15) is 14.0 Å². The van der Waals surface area contributed by atoms with Crippen molar-refractivity contribution in [2.24, 2.45) is 0 Å². The van der Waals surface area contributed by atoms with Crippen molar-refractivity contribution in [3.05, 3.63) is 89.0 Å². The zero-order chi connectivity index (χ0) is 22.8. The van der Waals surface area contributed by atoms with Crippen LogP contribution in [0.2, 0.25) is 0 Å². The Bertz CT molecular complexity index is 1330. The molecule has 6 nitrogen and oxygen atoms in total. The van der Waals surface area contributed by atoms with Crippen LogP contribution in [-0.4, -0.2) is 26.4 Å². The number of fused-ring (bicyclic) bond motifs is 1. The second-order valence-electron chi connectivity index (χ2n) is 7.80. The van der Waals surface area contributed by atoms with Gasteiger partial charge < -0.3 is 14.8 Å². The van der Waals surface area contributed by atoms with Gasteiger partial charge in [0.05, 0.1) is 24.2 Å². The number of nitrogens with zero attached hydrogens (tertiary/aromatic N) is 2. The highest BCUT2D eigenvalue weighted by Gasteiger charge is 2.18. The lowest BCUT2D eigenvalue weighted by Gasteiger charge is -2.09. The SMILES string of the molecule is Cc1ccc2nc(-c3ccc(F)c(C)c3)c(CC(=O)Nc3ccc(CC(=O)O)cc3)n2c1. The number of carboxylic acids is 1. The molecule has 0 spiro atoms. The number of aliphatic carboxylic acids is 1. The van der Waals surface area contributed by atoms with Crippen LogP contribution in [0, 0.1) is 19.7 Å². The molecule has 4 rings (SSSR count).